The molecular weight excluding hydrogens is 326 g/mol. The van der Waals surface area contributed by atoms with Crippen molar-refractivity contribution in [2.45, 2.75) is 78.2 Å². The Morgan fingerprint density at radius 2 is 1.38 bits per heavy atom. The maximum absolute atomic E-state index is 11.4. The Bertz CT molecular complexity index is 350. The second kappa shape index (κ2) is 15.6. The highest BCUT2D eigenvalue weighted by molar-refractivity contribution is 6.60. The van der Waals surface area contributed by atoms with Gasteiger partial charge in [0.2, 0.25) is 5.91 Å². The molecule has 0 aliphatic rings. The Morgan fingerprint density at radius 3 is 1.75 bits per heavy atom. The topological polar surface area (TPSA) is 93.5 Å². The van der Waals surface area contributed by atoms with Gasteiger partial charge in [0.15, 0.2) is 0 Å². The number of azide groups is 1. The average molecular weight is 360 g/mol. The summed E-state index contributed by atoms with van der Waals surface area (Å²) in [6.45, 7) is 8.19. The number of amides is 1. The summed E-state index contributed by atoms with van der Waals surface area (Å²) in [4.78, 5) is 13.9. The maximum atomic E-state index is 11.4. The summed E-state index contributed by atoms with van der Waals surface area (Å²) in [5.74, 6) is -0.448. The monoisotopic (exact) mass is 359 g/mol. The highest BCUT2D eigenvalue weighted by Gasteiger charge is 2.40. The second-order valence-corrected chi connectivity index (χ2v) is 8.46. The number of unbranched alkanes of at least 4 members (excludes halogenated alkanes) is 3. The van der Waals surface area contributed by atoms with Crippen LogP contribution in [0.2, 0.25) is 6.04 Å². The van der Waals surface area contributed by atoms with E-state index in [9.17, 15) is 4.79 Å². The predicted octanol–water partition coefficient (Wildman–Crippen LogP) is 4.99. The van der Waals surface area contributed by atoms with Gasteiger partial charge >= 0.3 is 8.80 Å². The van der Waals surface area contributed by atoms with Crippen LogP contribution in [0.3, 0.4) is 0 Å². The second-order valence-electron chi connectivity index (χ2n) is 5.73. The summed E-state index contributed by atoms with van der Waals surface area (Å²) in [5, 5.41) is 3.11. The Labute approximate surface area is 147 Å². The molecule has 0 heterocycles. The van der Waals surface area contributed by atoms with E-state index in [0.717, 1.165) is 38.5 Å². The molecule has 0 aromatic heterocycles. The van der Waals surface area contributed by atoms with Crippen LogP contribution >= 0.6 is 0 Å². The molecule has 7 nitrogen and oxygen atoms in total. The van der Waals surface area contributed by atoms with E-state index in [-0.39, 0.29) is 6.42 Å². The normalized spacial score (nSPS) is 11.3. The van der Waals surface area contributed by atoms with E-state index in [2.05, 4.69) is 30.8 Å². The van der Waals surface area contributed by atoms with Crippen molar-refractivity contribution >= 4 is 14.7 Å². The van der Waals surface area contributed by atoms with Crippen molar-refractivity contribution in [3.8, 4) is 0 Å². The summed E-state index contributed by atoms with van der Waals surface area (Å²) in [5.41, 5.74) is 8.30. The van der Waals surface area contributed by atoms with E-state index in [0.29, 0.717) is 32.3 Å². The lowest BCUT2D eigenvalue weighted by atomic mass is 10.3. The van der Waals surface area contributed by atoms with Gasteiger partial charge in [-0.1, -0.05) is 40.0 Å². The third-order valence-electron chi connectivity index (χ3n) is 3.49. The van der Waals surface area contributed by atoms with Gasteiger partial charge in [-0.2, -0.15) is 0 Å². The lowest BCUT2D eigenvalue weighted by molar-refractivity contribution is -0.118. The van der Waals surface area contributed by atoms with Crippen molar-refractivity contribution in [3.05, 3.63) is 10.4 Å². The number of carbonyl (C=O) groups is 1. The van der Waals surface area contributed by atoms with Crippen molar-refractivity contribution in [2.24, 2.45) is 5.11 Å². The molecule has 0 fully saturated rings. The summed E-state index contributed by atoms with van der Waals surface area (Å²) in [6.07, 6.45) is 6.76. The fourth-order valence-electron chi connectivity index (χ4n) is 2.01. The zero-order chi connectivity index (χ0) is 18.1. The number of hydrogen-bond donors (Lipinski definition) is 0. The Balaban J connectivity index is 4.76. The molecule has 0 aromatic carbocycles. The van der Waals surface area contributed by atoms with Crippen LogP contribution in [0.5, 0.6) is 0 Å². The third-order valence-corrected chi connectivity index (χ3v) is 6.39. The zero-order valence-electron chi connectivity index (χ0n) is 15.5. The van der Waals surface area contributed by atoms with Crippen LogP contribution < -0.4 is 0 Å². The van der Waals surface area contributed by atoms with Gasteiger partial charge in [-0.15, -0.1) is 0 Å². The molecule has 0 bridgehead atoms. The molecule has 8 heteroatoms. The van der Waals surface area contributed by atoms with E-state index in [1.807, 2.05) is 0 Å². The highest BCUT2D eigenvalue weighted by Crippen LogP contribution is 2.21. The van der Waals surface area contributed by atoms with Crippen LogP contribution in [0.4, 0.5) is 0 Å². The van der Waals surface area contributed by atoms with Crippen molar-refractivity contribution < 1.29 is 18.1 Å². The number of hydrogen-bond acceptors (Lipinski definition) is 4. The summed E-state index contributed by atoms with van der Waals surface area (Å²) in [6, 6.07) is 0.580. The Hall–Kier alpha value is -0.923. The molecule has 1 amide bonds. The van der Waals surface area contributed by atoms with Crippen LogP contribution in [0.25, 0.3) is 10.4 Å². The molecule has 0 saturated heterocycles. The standard InChI is InChI=1S/C16H33N3O4Si/c1-4-7-12-21-24(22-13-8-5-2,23-14-9-6-3)15-10-11-16(20)18-19-17/h4-15H2,1-3H3. The number of carbonyl (C=O) groups excluding carboxylic acids is 1. The van der Waals surface area contributed by atoms with Gasteiger partial charge in [-0.3, -0.25) is 4.79 Å². The molecule has 0 radical (unpaired) electrons. The van der Waals surface area contributed by atoms with E-state index in [1.54, 1.807) is 0 Å². The third kappa shape index (κ3) is 11.6. The van der Waals surface area contributed by atoms with Crippen molar-refractivity contribution in [1.29, 1.82) is 0 Å². The van der Waals surface area contributed by atoms with E-state index >= 15 is 0 Å². The van der Waals surface area contributed by atoms with Crippen LogP contribution in [0.15, 0.2) is 5.11 Å². The van der Waals surface area contributed by atoms with Gasteiger partial charge in [0.25, 0.3) is 0 Å². The van der Waals surface area contributed by atoms with Crippen LogP contribution in [-0.4, -0.2) is 34.5 Å². The quantitative estimate of drug-likeness (QED) is 0.127. The minimum atomic E-state index is -2.78. The first kappa shape index (κ1) is 23.1. The first-order valence-corrected chi connectivity index (χ1v) is 11.1. The molecule has 0 saturated carbocycles. The molecule has 0 spiro atoms. The molecule has 0 aromatic rings. The molecule has 140 valence electrons. The van der Waals surface area contributed by atoms with Gasteiger partial charge < -0.3 is 13.3 Å². The van der Waals surface area contributed by atoms with Gasteiger partial charge in [-0.25, -0.2) is 0 Å². The minimum Gasteiger partial charge on any atom is -0.373 e. The number of rotatable bonds is 16. The predicted molar refractivity (Wildman–Crippen MR) is 96.5 cm³/mol. The molecule has 0 rings (SSSR count). The lowest BCUT2D eigenvalue weighted by Gasteiger charge is -2.30. The summed E-state index contributed by atoms with van der Waals surface area (Å²) < 4.78 is 18.3. The largest absolute Gasteiger partial charge is 0.500 e. The maximum Gasteiger partial charge on any atom is 0.500 e. The zero-order valence-corrected chi connectivity index (χ0v) is 16.5. The van der Waals surface area contributed by atoms with E-state index in [4.69, 9.17) is 18.8 Å². The first-order valence-electron chi connectivity index (χ1n) is 9.13. The molecule has 0 atom stereocenters. The van der Waals surface area contributed by atoms with Gasteiger partial charge in [0.05, 0.1) is 0 Å². The van der Waals surface area contributed by atoms with Gasteiger partial charge in [0.1, 0.15) is 0 Å². The van der Waals surface area contributed by atoms with E-state index in [1.165, 1.54) is 0 Å². The average Bonchev–Trinajstić information content (AvgIpc) is 2.56. The molecule has 0 aliphatic carbocycles. The molecule has 0 aliphatic heterocycles. The molecule has 0 N–H and O–H groups in total. The van der Waals surface area contributed by atoms with Crippen molar-refractivity contribution in [3.63, 3.8) is 0 Å². The smallest absolute Gasteiger partial charge is 0.373 e. The van der Waals surface area contributed by atoms with Crippen LogP contribution in [0, 0.1) is 0 Å². The van der Waals surface area contributed by atoms with Crippen molar-refractivity contribution in [1.82, 2.24) is 0 Å². The Morgan fingerprint density at radius 1 is 0.917 bits per heavy atom. The summed E-state index contributed by atoms with van der Waals surface area (Å²) in [7, 11) is -2.78. The number of nitrogens with zero attached hydrogens (tertiary/aromatic N) is 3. The summed E-state index contributed by atoms with van der Waals surface area (Å²) >= 11 is 0. The van der Waals surface area contributed by atoms with Crippen molar-refractivity contribution in [2.75, 3.05) is 19.8 Å². The van der Waals surface area contributed by atoms with Gasteiger partial charge in [0, 0.05) is 37.2 Å². The Kier molecular flexibility index (Phi) is 15.0. The molecule has 24 heavy (non-hydrogen) atoms. The highest BCUT2D eigenvalue weighted by atomic mass is 28.4. The van der Waals surface area contributed by atoms with E-state index < -0.39 is 14.7 Å². The van der Waals surface area contributed by atoms with Crippen LogP contribution in [-0.2, 0) is 18.1 Å². The van der Waals surface area contributed by atoms with Crippen LogP contribution in [0.1, 0.15) is 72.1 Å². The van der Waals surface area contributed by atoms with Gasteiger partial charge in [-0.05, 0) is 36.3 Å². The fraction of sp³-hybridized carbons (Fsp3) is 0.938. The SMILES string of the molecule is CCCCO[Si](CCCC(=O)N=[N+]=[N-])(OCCCC)OCCCC. The minimum absolute atomic E-state index is 0.199. The first-order chi connectivity index (χ1) is 11.6. The lowest BCUT2D eigenvalue weighted by Crippen LogP contribution is -2.46. The molecule has 0 unspecified atom stereocenters. The molecular formula is C16H33N3O4Si. The fourth-order valence-corrected chi connectivity index (χ4v) is 4.67.